The zero-order chi connectivity index (χ0) is 15.1. The molecule has 0 spiro atoms. The van der Waals surface area contributed by atoms with E-state index < -0.39 is 0 Å². The standard InChI is InChI=1S/C13H24N6OS/c1-3-7-20-13-17-11(16-12(18-13)19-14)15-9-5-4-6-10(8-9)21-2/h9-10H,3-8,14H2,1-2H3,(H2,15,16,17,18,19). The number of nitrogens with zero attached hydrogens (tertiary/aromatic N) is 3. The van der Waals surface area contributed by atoms with Gasteiger partial charge in [0.15, 0.2) is 0 Å². The summed E-state index contributed by atoms with van der Waals surface area (Å²) in [4.78, 5) is 12.6. The Morgan fingerprint density at radius 3 is 2.81 bits per heavy atom. The van der Waals surface area contributed by atoms with Crippen molar-refractivity contribution < 1.29 is 4.74 Å². The Morgan fingerprint density at radius 2 is 2.10 bits per heavy atom. The van der Waals surface area contributed by atoms with Gasteiger partial charge in [-0.25, -0.2) is 5.84 Å². The second-order valence-electron chi connectivity index (χ2n) is 5.12. The molecular weight excluding hydrogens is 288 g/mol. The molecule has 0 radical (unpaired) electrons. The highest BCUT2D eigenvalue weighted by molar-refractivity contribution is 7.99. The Kier molecular flexibility index (Phi) is 6.31. The molecule has 1 aromatic rings. The molecule has 21 heavy (non-hydrogen) atoms. The lowest BCUT2D eigenvalue weighted by molar-refractivity contribution is 0.292. The fourth-order valence-electron chi connectivity index (χ4n) is 2.42. The van der Waals surface area contributed by atoms with Gasteiger partial charge in [-0.2, -0.15) is 26.7 Å². The number of nitrogen functional groups attached to an aromatic ring is 1. The van der Waals surface area contributed by atoms with Gasteiger partial charge in [0.05, 0.1) is 6.61 Å². The van der Waals surface area contributed by atoms with Crippen LogP contribution in [0.4, 0.5) is 11.9 Å². The van der Waals surface area contributed by atoms with Crippen molar-refractivity contribution in [2.24, 2.45) is 5.84 Å². The summed E-state index contributed by atoms with van der Waals surface area (Å²) < 4.78 is 5.47. The number of nitrogens with two attached hydrogens (primary N) is 1. The van der Waals surface area contributed by atoms with Crippen LogP contribution < -0.4 is 21.3 Å². The molecule has 1 saturated carbocycles. The van der Waals surface area contributed by atoms with Crippen LogP contribution in [0.3, 0.4) is 0 Å². The number of hydrazine groups is 1. The van der Waals surface area contributed by atoms with Crippen LogP contribution in [0.25, 0.3) is 0 Å². The molecule has 0 aliphatic heterocycles. The molecule has 0 aromatic carbocycles. The summed E-state index contributed by atoms with van der Waals surface area (Å²) in [7, 11) is 0. The average Bonchev–Trinajstić information content (AvgIpc) is 2.52. The van der Waals surface area contributed by atoms with Crippen LogP contribution in [0.5, 0.6) is 6.01 Å². The van der Waals surface area contributed by atoms with E-state index in [1.54, 1.807) is 0 Å². The Balaban J connectivity index is 2.03. The predicted molar refractivity (Wildman–Crippen MR) is 86.6 cm³/mol. The Bertz CT molecular complexity index is 447. The zero-order valence-electron chi connectivity index (χ0n) is 12.6. The zero-order valence-corrected chi connectivity index (χ0v) is 13.4. The van der Waals surface area contributed by atoms with Gasteiger partial charge in [-0.3, -0.25) is 5.43 Å². The normalized spacial score (nSPS) is 21.9. The lowest BCUT2D eigenvalue weighted by Crippen LogP contribution is -2.29. The molecule has 8 heteroatoms. The van der Waals surface area contributed by atoms with Crippen LogP contribution in [-0.2, 0) is 0 Å². The van der Waals surface area contributed by atoms with Crippen LogP contribution in [0.1, 0.15) is 39.0 Å². The average molecular weight is 312 g/mol. The number of nitrogens with one attached hydrogen (secondary N) is 2. The van der Waals surface area contributed by atoms with Gasteiger partial charge in [-0.05, 0) is 31.9 Å². The van der Waals surface area contributed by atoms with E-state index in [0.29, 0.717) is 35.8 Å². The van der Waals surface area contributed by atoms with Crippen molar-refractivity contribution in [3.8, 4) is 6.01 Å². The van der Waals surface area contributed by atoms with Crippen molar-refractivity contribution in [2.45, 2.75) is 50.3 Å². The fraction of sp³-hybridized carbons (Fsp3) is 0.769. The molecule has 2 unspecified atom stereocenters. The maximum atomic E-state index is 5.47. The first kappa shape index (κ1) is 16.1. The van der Waals surface area contributed by atoms with Gasteiger partial charge in [0.25, 0.3) is 0 Å². The SMILES string of the molecule is CCCOc1nc(NN)nc(NC2CCCC(SC)C2)n1. The number of rotatable bonds is 7. The second-order valence-corrected chi connectivity index (χ2v) is 6.26. The predicted octanol–water partition coefficient (Wildman–Crippen LogP) is 2.03. The third kappa shape index (κ3) is 4.89. The van der Waals surface area contributed by atoms with Gasteiger partial charge in [0.1, 0.15) is 0 Å². The van der Waals surface area contributed by atoms with Gasteiger partial charge in [0.2, 0.25) is 11.9 Å². The minimum Gasteiger partial charge on any atom is -0.463 e. The summed E-state index contributed by atoms with van der Waals surface area (Å²) in [6.07, 6.45) is 7.86. The van der Waals surface area contributed by atoms with Gasteiger partial charge in [-0.1, -0.05) is 13.3 Å². The van der Waals surface area contributed by atoms with Crippen molar-refractivity contribution in [3.05, 3.63) is 0 Å². The minimum absolute atomic E-state index is 0.305. The molecule has 2 atom stereocenters. The first-order valence-corrected chi connectivity index (χ1v) is 8.68. The molecule has 4 N–H and O–H groups in total. The van der Waals surface area contributed by atoms with E-state index in [2.05, 4.69) is 32.0 Å². The molecule has 1 aliphatic rings. The summed E-state index contributed by atoms with van der Waals surface area (Å²) in [6.45, 7) is 2.61. The van der Waals surface area contributed by atoms with E-state index in [1.807, 2.05) is 18.7 Å². The summed E-state index contributed by atoms with van der Waals surface area (Å²) >= 11 is 1.93. The second kappa shape index (κ2) is 8.23. The van der Waals surface area contributed by atoms with Crippen LogP contribution in [0, 0.1) is 0 Å². The third-order valence-corrected chi connectivity index (χ3v) is 4.57. The number of aromatic nitrogens is 3. The van der Waals surface area contributed by atoms with E-state index in [0.717, 1.165) is 19.3 Å². The highest BCUT2D eigenvalue weighted by Crippen LogP contribution is 2.28. The lowest BCUT2D eigenvalue weighted by atomic mass is 9.95. The quantitative estimate of drug-likeness (QED) is 0.520. The summed E-state index contributed by atoms with van der Waals surface area (Å²) in [5, 5.41) is 4.09. The van der Waals surface area contributed by atoms with Crippen LogP contribution in [0.15, 0.2) is 0 Å². The van der Waals surface area contributed by atoms with E-state index >= 15 is 0 Å². The number of ether oxygens (including phenoxy) is 1. The molecular formula is C13H24N6OS. The molecule has 0 bridgehead atoms. The number of hydrogen-bond donors (Lipinski definition) is 3. The first-order chi connectivity index (χ1) is 10.2. The van der Waals surface area contributed by atoms with Crippen molar-refractivity contribution in [2.75, 3.05) is 23.6 Å². The van der Waals surface area contributed by atoms with Crippen LogP contribution >= 0.6 is 11.8 Å². The maximum absolute atomic E-state index is 5.47. The molecule has 7 nitrogen and oxygen atoms in total. The van der Waals surface area contributed by atoms with Gasteiger partial charge in [0, 0.05) is 11.3 Å². The summed E-state index contributed by atoms with van der Waals surface area (Å²) in [5.74, 6) is 6.24. The first-order valence-electron chi connectivity index (χ1n) is 7.40. The van der Waals surface area contributed by atoms with E-state index in [-0.39, 0.29) is 0 Å². The smallest absolute Gasteiger partial charge is 0.323 e. The molecule has 2 rings (SSSR count). The van der Waals surface area contributed by atoms with E-state index in [9.17, 15) is 0 Å². The van der Waals surface area contributed by atoms with Gasteiger partial charge >= 0.3 is 6.01 Å². The molecule has 0 saturated heterocycles. The lowest BCUT2D eigenvalue weighted by Gasteiger charge is -2.28. The summed E-state index contributed by atoms with van der Waals surface area (Å²) in [5.41, 5.74) is 2.46. The largest absolute Gasteiger partial charge is 0.463 e. The fourth-order valence-corrected chi connectivity index (χ4v) is 3.24. The maximum Gasteiger partial charge on any atom is 0.323 e. The molecule has 0 amide bonds. The van der Waals surface area contributed by atoms with E-state index in [4.69, 9.17) is 10.6 Å². The van der Waals surface area contributed by atoms with Gasteiger partial charge in [-0.15, -0.1) is 0 Å². The molecule has 1 heterocycles. The number of anilines is 2. The Labute approximate surface area is 129 Å². The Morgan fingerprint density at radius 1 is 1.29 bits per heavy atom. The molecule has 1 fully saturated rings. The van der Waals surface area contributed by atoms with Crippen LogP contribution in [-0.4, -0.2) is 39.1 Å². The number of thioether (sulfide) groups is 1. The van der Waals surface area contributed by atoms with Crippen LogP contribution in [0.2, 0.25) is 0 Å². The highest BCUT2D eigenvalue weighted by atomic mass is 32.2. The van der Waals surface area contributed by atoms with Crippen molar-refractivity contribution in [1.82, 2.24) is 15.0 Å². The number of hydrogen-bond acceptors (Lipinski definition) is 8. The third-order valence-electron chi connectivity index (χ3n) is 3.47. The minimum atomic E-state index is 0.305. The monoisotopic (exact) mass is 312 g/mol. The molecule has 118 valence electrons. The highest BCUT2D eigenvalue weighted by Gasteiger charge is 2.22. The van der Waals surface area contributed by atoms with E-state index in [1.165, 1.54) is 12.8 Å². The molecule has 1 aromatic heterocycles. The van der Waals surface area contributed by atoms with Crippen molar-refractivity contribution >= 4 is 23.7 Å². The Hall–Kier alpha value is -1.28. The van der Waals surface area contributed by atoms with Gasteiger partial charge < -0.3 is 10.1 Å². The topological polar surface area (TPSA) is 98.0 Å². The molecule has 1 aliphatic carbocycles. The van der Waals surface area contributed by atoms with Crippen molar-refractivity contribution in [1.29, 1.82) is 0 Å². The summed E-state index contributed by atoms with van der Waals surface area (Å²) in [6, 6.07) is 0.697. The van der Waals surface area contributed by atoms with Crippen molar-refractivity contribution in [3.63, 3.8) is 0 Å².